The Labute approximate surface area is 108 Å². The maximum atomic E-state index is 11.9. The minimum atomic E-state index is -0.446. The van der Waals surface area contributed by atoms with Crippen LogP contribution in [0.15, 0.2) is 0 Å². The number of carbonyl (C=O) groups is 2. The van der Waals surface area contributed by atoms with Gasteiger partial charge in [-0.1, -0.05) is 0 Å². The number of Topliss-reactive ketones (excluding diaryl/α,β-unsaturated/α-hetero) is 1. The van der Waals surface area contributed by atoms with Crippen molar-refractivity contribution >= 4 is 11.9 Å². The minimum Gasteiger partial charge on any atom is -0.444 e. The van der Waals surface area contributed by atoms with Crippen LogP contribution in [0.4, 0.5) is 4.79 Å². The zero-order chi connectivity index (χ0) is 13.3. The van der Waals surface area contributed by atoms with Crippen LogP contribution in [0.25, 0.3) is 0 Å². The largest absolute Gasteiger partial charge is 0.444 e. The van der Waals surface area contributed by atoms with Crippen molar-refractivity contribution in [3.63, 3.8) is 0 Å². The Hall–Kier alpha value is -1.10. The molecule has 0 aromatic heterocycles. The molecule has 1 atom stereocenters. The summed E-state index contributed by atoms with van der Waals surface area (Å²) in [7, 11) is 0. The zero-order valence-corrected chi connectivity index (χ0v) is 11.4. The molecule has 1 unspecified atom stereocenters. The van der Waals surface area contributed by atoms with E-state index in [0.717, 1.165) is 19.5 Å². The van der Waals surface area contributed by atoms with Gasteiger partial charge < -0.3 is 9.64 Å². The van der Waals surface area contributed by atoms with Gasteiger partial charge in [0.25, 0.3) is 0 Å². The van der Waals surface area contributed by atoms with Crippen LogP contribution in [0, 0.1) is 0 Å². The van der Waals surface area contributed by atoms with Crippen LogP contribution < -0.4 is 0 Å². The van der Waals surface area contributed by atoms with E-state index in [-0.39, 0.29) is 6.09 Å². The molecule has 0 radical (unpaired) electrons. The number of rotatable bonds is 1. The fraction of sp³-hybridized carbons (Fsp3) is 0.846. The Morgan fingerprint density at radius 1 is 1.33 bits per heavy atom. The van der Waals surface area contributed by atoms with Gasteiger partial charge in [0, 0.05) is 32.1 Å². The van der Waals surface area contributed by atoms with Crippen LogP contribution in [0.1, 0.15) is 33.6 Å². The Morgan fingerprint density at radius 2 is 2.06 bits per heavy atom. The maximum Gasteiger partial charge on any atom is 0.410 e. The third-order valence-electron chi connectivity index (χ3n) is 3.39. The molecule has 2 heterocycles. The van der Waals surface area contributed by atoms with Crippen molar-refractivity contribution in [2.75, 3.05) is 26.2 Å². The molecule has 5 heteroatoms. The first kappa shape index (κ1) is 13.3. The number of hydrogen-bond donors (Lipinski definition) is 0. The molecule has 0 N–H and O–H groups in total. The summed E-state index contributed by atoms with van der Waals surface area (Å²) in [6.45, 7) is 8.41. The summed E-state index contributed by atoms with van der Waals surface area (Å²) < 4.78 is 5.36. The van der Waals surface area contributed by atoms with E-state index in [4.69, 9.17) is 4.74 Å². The molecule has 0 aromatic rings. The molecule has 102 valence electrons. The molecule has 2 aliphatic rings. The molecule has 2 fully saturated rings. The molecule has 1 amide bonds. The Morgan fingerprint density at radius 3 is 2.61 bits per heavy atom. The quantitative estimate of drug-likeness (QED) is 0.707. The third kappa shape index (κ3) is 3.22. The van der Waals surface area contributed by atoms with Gasteiger partial charge in [-0.05, 0) is 27.2 Å². The standard InChI is InChI=1S/C13H22N2O3/c1-13(2,3)18-12(17)15-6-4-10(8-15)14-7-5-11(16)9-14/h10H,4-9H2,1-3H3. The van der Waals surface area contributed by atoms with E-state index >= 15 is 0 Å². The molecule has 2 saturated heterocycles. The number of amides is 1. The first-order valence-corrected chi connectivity index (χ1v) is 6.59. The molecule has 5 nitrogen and oxygen atoms in total. The average molecular weight is 254 g/mol. The lowest BCUT2D eigenvalue weighted by atomic mass is 10.2. The highest BCUT2D eigenvalue weighted by Gasteiger charge is 2.35. The second-order valence-corrected chi connectivity index (χ2v) is 6.13. The fourth-order valence-corrected chi connectivity index (χ4v) is 2.50. The summed E-state index contributed by atoms with van der Waals surface area (Å²) in [5, 5.41) is 0. The maximum absolute atomic E-state index is 11.9. The number of ether oxygens (including phenoxy) is 1. The molecular formula is C13H22N2O3. The van der Waals surface area contributed by atoms with Gasteiger partial charge in [0.1, 0.15) is 11.4 Å². The lowest BCUT2D eigenvalue weighted by Crippen LogP contribution is -2.39. The second-order valence-electron chi connectivity index (χ2n) is 6.13. The predicted octanol–water partition coefficient (Wildman–Crippen LogP) is 1.27. The highest BCUT2D eigenvalue weighted by Crippen LogP contribution is 2.21. The van der Waals surface area contributed by atoms with Crippen LogP contribution in [0.3, 0.4) is 0 Å². The number of likely N-dealkylation sites (tertiary alicyclic amines) is 2. The Balaban J connectivity index is 1.84. The topological polar surface area (TPSA) is 49.9 Å². The summed E-state index contributed by atoms with van der Waals surface area (Å²) in [6.07, 6.45) is 1.35. The molecule has 2 rings (SSSR count). The fourth-order valence-electron chi connectivity index (χ4n) is 2.50. The first-order chi connectivity index (χ1) is 8.35. The van der Waals surface area contributed by atoms with Crippen molar-refractivity contribution in [2.45, 2.75) is 45.3 Å². The molecule has 0 saturated carbocycles. The average Bonchev–Trinajstić information content (AvgIpc) is 2.82. The van der Waals surface area contributed by atoms with Crippen molar-refractivity contribution in [1.82, 2.24) is 9.80 Å². The van der Waals surface area contributed by atoms with Crippen LogP contribution in [-0.4, -0.2) is 59.5 Å². The predicted molar refractivity (Wildman–Crippen MR) is 67.4 cm³/mol. The van der Waals surface area contributed by atoms with E-state index in [2.05, 4.69) is 4.90 Å². The zero-order valence-electron chi connectivity index (χ0n) is 11.4. The highest BCUT2D eigenvalue weighted by atomic mass is 16.6. The smallest absolute Gasteiger partial charge is 0.410 e. The van der Waals surface area contributed by atoms with Crippen molar-refractivity contribution in [1.29, 1.82) is 0 Å². The van der Waals surface area contributed by atoms with Gasteiger partial charge in [0.15, 0.2) is 0 Å². The van der Waals surface area contributed by atoms with E-state index in [1.165, 1.54) is 0 Å². The lowest BCUT2D eigenvalue weighted by Gasteiger charge is -2.26. The summed E-state index contributed by atoms with van der Waals surface area (Å²) in [5.74, 6) is 0.311. The van der Waals surface area contributed by atoms with E-state index in [0.29, 0.717) is 31.3 Å². The van der Waals surface area contributed by atoms with Crippen molar-refractivity contribution in [3.8, 4) is 0 Å². The van der Waals surface area contributed by atoms with Crippen molar-refractivity contribution < 1.29 is 14.3 Å². The molecule has 2 aliphatic heterocycles. The third-order valence-corrected chi connectivity index (χ3v) is 3.39. The summed E-state index contributed by atoms with van der Waals surface area (Å²) in [5.41, 5.74) is -0.446. The molecule has 18 heavy (non-hydrogen) atoms. The summed E-state index contributed by atoms with van der Waals surface area (Å²) >= 11 is 0. The Kier molecular flexibility index (Phi) is 3.61. The van der Waals surface area contributed by atoms with Crippen molar-refractivity contribution in [3.05, 3.63) is 0 Å². The van der Waals surface area contributed by atoms with E-state index in [1.807, 2.05) is 20.8 Å². The van der Waals surface area contributed by atoms with E-state index in [1.54, 1.807) is 4.90 Å². The monoisotopic (exact) mass is 254 g/mol. The van der Waals surface area contributed by atoms with Crippen LogP contribution in [0.5, 0.6) is 0 Å². The molecular weight excluding hydrogens is 232 g/mol. The van der Waals surface area contributed by atoms with Crippen molar-refractivity contribution in [2.24, 2.45) is 0 Å². The van der Waals surface area contributed by atoms with Crippen LogP contribution in [0.2, 0.25) is 0 Å². The summed E-state index contributed by atoms with van der Waals surface area (Å²) in [4.78, 5) is 27.1. The summed E-state index contributed by atoms with van der Waals surface area (Å²) in [6, 6.07) is 0.323. The molecule has 0 aromatic carbocycles. The van der Waals surface area contributed by atoms with Crippen LogP contribution >= 0.6 is 0 Å². The second kappa shape index (κ2) is 4.88. The minimum absolute atomic E-state index is 0.240. The van der Waals surface area contributed by atoms with E-state index < -0.39 is 5.60 Å². The normalized spacial score (nSPS) is 25.8. The van der Waals surface area contributed by atoms with Gasteiger partial charge in [-0.25, -0.2) is 4.79 Å². The Bertz CT molecular complexity index is 349. The number of nitrogens with zero attached hydrogens (tertiary/aromatic N) is 2. The SMILES string of the molecule is CC(C)(C)OC(=O)N1CCC(N2CCC(=O)C2)C1. The lowest BCUT2D eigenvalue weighted by molar-refractivity contribution is -0.117. The van der Waals surface area contributed by atoms with Gasteiger partial charge in [-0.3, -0.25) is 9.69 Å². The molecule has 0 bridgehead atoms. The van der Waals surface area contributed by atoms with Gasteiger partial charge in [0.2, 0.25) is 0 Å². The number of carbonyl (C=O) groups excluding carboxylic acids is 2. The first-order valence-electron chi connectivity index (χ1n) is 6.59. The molecule has 0 spiro atoms. The van der Waals surface area contributed by atoms with E-state index in [9.17, 15) is 9.59 Å². The van der Waals surface area contributed by atoms with Gasteiger partial charge in [-0.2, -0.15) is 0 Å². The van der Waals surface area contributed by atoms with Crippen LogP contribution in [-0.2, 0) is 9.53 Å². The molecule has 0 aliphatic carbocycles. The van der Waals surface area contributed by atoms with Gasteiger partial charge in [0.05, 0.1) is 6.54 Å². The van der Waals surface area contributed by atoms with Gasteiger partial charge in [-0.15, -0.1) is 0 Å². The number of hydrogen-bond acceptors (Lipinski definition) is 4. The number of ketones is 1. The van der Waals surface area contributed by atoms with Gasteiger partial charge >= 0.3 is 6.09 Å². The highest BCUT2D eigenvalue weighted by molar-refractivity contribution is 5.82.